The first-order valence-electron chi connectivity index (χ1n) is 8.92. The van der Waals surface area contributed by atoms with Crippen LogP contribution in [-0.4, -0.2) is 38.0 Å². The quantitative estimate of drug-likeness (QED) is 0.733. The summed E-state index contributed by atoms with van der Waals surface area (Å²) in [6.45, 7) is 4.37. The third-order valence-corrected chi connectivity index (χ3v) is 4.93. The fourth-order valence-electron chi connectivity index (χ4n) is 3.43. The highest BCUT2D eigenvalue weighted by atomic mass is 16.2. The maximum atomic E-state index is 12.1. The van der Waals surface area contributed by atoms with E-state index in [0.29, 0.717) is 12.6 Å². The minimum absolute atomic E-state index is 0.0184. The Morgan fingerprint density at radius 1 is 1.08 bits per heavy atom. The third kappa shape index (κ3) is 5.34. The number of carbonyl (C=O) groups excluding carboxylic acids is 2. The molecule has 24 heavy (non-hydrogen) atoms. The van der Waals surface area contributed by atoms with Crippen molar-refractivity contribution in [1.82, 2.24) is 5.32 Å². The summed E-state index contributed by atoms with van der Waals surface area (Å²) in [5.74, 6) is -0.245. The van der Waals surface area contributed by atoms with Crippen LogP contribution in [0.25, 0.3) is 0 Å². The number of nitrogens with one attached hydrogen (secondary N) is 3. The topological polar surface area (TPSA) is 62.6 Å². The Bertz CT molecular complexity index is 560. The van der Waals surface area contributed by atoms with Crippen LogP contribution in [0, 0.1) is 13.8 Å². The molecule has 1 atom stereocenters. The molecule has 1 unspecified atom stereocenters. The first-order chi connectivity index (χ1) is 11.5. The predicted octanol–water partition coefficient (Wildman–Crippen LogP) is 1.21. The van der Waals surface area contributed by atoms with Gasteiger partial charge in [0.05, 0.1) is 19.6 Å². The number of rotatable bonds is 6. The van der Waals surface area contributed by atoms with E-state index in [2.05, 4.69) is 17.7 Å². The lowest BCUT2D eigenvalue weighted by Gasteiger charge is -2.27. The fraction of sp³-hybridized carbons (Fsp3) is 0.579. The smallest absolute Gasteiger partial charge is 0.275 e. The number of hydrogen-bond acceptors (Lipinski definition) is 2. The van der Waals surface area contributed by atoms with Gasteiger partial charge in [-0.25, -0.2) is 0 Å². The zero-order chi connectivity index (χ0) is 17.5. The van der Waals surface area contributed by atoms with Gasteiger partial charge in [-0.05, 0) is 50.7 Å². The lowest BCUT2D eigenvalue weighted by Crippen LogP contribution is -3.14. The highest BCUT2D eigenvalue weighted by Gasteiger charge is 2.23. The van der Waals surface area contributed by atoms with Gasteiger partial charge in [0.15, 0.2) is 6.54 Å². The van der Waals surface area contributed by atoms with Crippen LogP contribution in [0.15, 0.2) is 18.2 Å². The molecule has 0 saturated heterocycles. The second-order valence-electron chi connectivity index (χ2n) is 6.95. The Balaban J connectivity index is 1.75. The Kier molecular flexibility index (Phi) is 6.79. The summed E-state index contributed by atoms with van der Waals surface area (Å²) in [5.41, 5.74) is 2.88. The van der Waals surface area contributed by atoms with Gasteiger partial charge in [-0.15, -0.1) is 0 Å². The zero-order valence-electron chi connectivity index (χ0n) is 15.1. The van der Waals surface area contributed by atoms with Crippen LogP contribution in [0.5, 0.6) is 0 Å². The number of para-hydroxylation sites is 1. The molecule has 1 aromatic carbocycles. The fourth-order valence-corrected chi connectivity index (χ4v) is 3.43. The van der Waals surface area contributed by atoms with Crippen molar-refractivity contribution in [2.24, 2.45) is 0 Å². The van der Waals surface area contributed by atoms with Gasteiger partial charge in [0, 0.05) is 5.69 Å². The lowest BCUT2D eigenvalue weighted by molar-refractivity contribution is -0.899. The minimum Gasteiger partial charge on any atom is -0.342 e. The zero-order valence-corrected chi connectivity index (χ0v) is 15.1. The Morgan fingerprint density at radius 2 is 1.71 bits per heavy atom. The number of hydrogen-bond donors (Lipinski definition) is 3. The van der Waals surface area contributed by atoms with E-state index in [1.165, 1.54) is 37.0 Å². The van der Waals surface area contributed by atoms with E-state index in [4.69, 9.17) is 0 Å². The highest BCUT2D eigenvalue weighted by Crippen LogP contribution is 2.19. The molecule has 3 N–H and O–H groups in total. The van der Waals surface area contributed by atoms with Crippen molar-refractivity contribution >= 4 is 17.5 Å². The Labute approximate surface area is 144 Å². The summed E-state index contributed by atoms with van der Waals surface area (Å²) in [7, 11) is 2.08. The van der Waals surface area contributed by atoms with Gasteiger partial charge in [-0.3, -0.25) is 9.59 Å². The van der Waals surface area contributed by atoms with Gasteiger partial charge in [-0.2, -0.15) is 0 Å². The van der Waals surface area contributed by atoms with Gasteiger partial charge < -0.3 is 15.5 Å². The van der Waals surface area contributed by atoms with Gasteiger partial charge in [0.2, 0.25) is 5.91 Å². The second-order valence-corrected chi connectivity index (χ2v) is 6.95. The number of aryl methyl sites for hydroxylation is 2. The number of benzene rings is 1. The number of quaternary nitrogens is 1. The summed E-state index contributed by atoms with van der Waals surface area (Å²) in [6, 6.07) is 6.47. The van der Waals surface area contributed by atoms with E-state index in [9.17, 15) is 9.59 Å². The second kappa shape index (κ2) is 8.83. The van der Waals surface area contributed by atoms with Gasteiger partial charge in [0.25, 0.3) is 5.91 Å². The molecule has 0 aromatic heterocycles. The average molecular weight is 332 g/mol. The molecule has 1 aliphatic carbocycles. The van der Waals surface area contributed by atoms with Crippen LogP contribution in [-0.2, 0) is 9.59 Å². The summed E-state index contributed by atoms with van der Waals surface area (Å²) < 4.78 is 0. The minimum atomic E-state index is -0.184. The molecule has 5 heteroatoms. The van der Waals surface area contributed by atoms with Gasteiger partial charge >= 0.3 is 0 Å². The van der Waals surface area contributed by atoms with Crippen LogP contribution in [0.3, 0.4) is 0 Å². The van der Waals surface area contributed by atoms with Crippen LogP contribution < -0.4 is 15.5 Å². The Morgan fingerprint density at radius 3 is 2.33 bits per heavy atom. The van der Waals surface area contributed by atoms with Crippen molar-refractivity contribution in [3.05, 3.63) is 29.3 Å². The molecule has 0 aliphatic heterocycles. The van der Waals surface area contributed by atoms with Crippen molar-refractivity contribution in [2.45, 2.75) is 52.0 Å². The summed E-state index contributed by atoms with van der Waals surface area (Å²) in [5, 5.41) is 5.63. The van der Waals surface area contributed by atoms with E-state index < -0.39 is 0 Å². The molecule has 2 amide bonds. The standard InChI is InChI=1S/C19H29N3O2/c1-14-8-7-9-15(2)19(14)21-17(23)12-20-18(24)13-22(3)16-10-5-4-6-11-16/h7-9,16H,4-6,10-13H2,1-3H3,(H,20,24)(H,21,23)/p+1. The molecular formula is C19H30N3O2+. The van der Waals surface area contributed by atoms with Crippen molar-refractivity contribution in [2.75, 3.05) is 25.5 Å². The molecule has 1 aromatic rings. The molecule has 132 valence electrons. The van der Waals surface area contributed by atoms with E-state index in [0.717, 1.165) is 16.8 Å². The predicted molar refractivity (Wildman–Crippen MR) is 96.2 cm³/mol. The maximum Gasteiger partial charge on any atom is 0.275 e. The highest BCUT2D eigenvalue weighted by molar-refractivity contribution is 5.95. The molecule has 0 spiro atoms. The SMILES string of the molecule is Cc1cccc(C)c1NC(=O)CNC(=O)C[NH+](C)C1CCCCC1. The van der Waals surface area contributed by atoms with Crippen LogP contribution in [0.2, 0.25) is 0 Å². The van der Waals surface area contributed by atoms with Crippen LogP contribution in [0.1, 0.15) is 43.2 Å². The van der Waals surface area contributed by atoms with Gasteiger partial charge in [0.1, 0.15) is 0 Å². The number of likely N-dealkylation sites (N-methyl/N-ethyl adjacent to an activating group) is 1. The van der Waals surface area contributed by atoms with E-state index in [1.54, 1.807) is 0 Å². The first-order valence-corrected chi connectivity index (χ1v) is 8.92. The molecular weight excluding hydrogens is 302 g/mol. The maximum absolute atomic E-state index is 12.1. The van der Waals surface area contributed by atoms with E-state index in [-0.39, 0.29) is 18.4 Å². The van der Waals surface area contributed by atoms with Crippen molar-refractivity contribution in [3.63, 3.8) is 0 Å². The molecule has 0 heterocycles. The normalized spacial score (nSPS) is 16.5. The van der Waals surface area contributed by atoms with Crippen LogP contribution in [0.4, 0.5) is 5.69 Å². The molecule has 1 saturated carbocycles. The van der Waals surface area contributed by atoms with E-state index in [1.807, 2.05) is 32.0 Å². The molecule has 1 fully saturated rings. The van der Waals surface area contributed by atoms with Crippen molar-refractivity contribution in [1.29, 1.82) is 0 Å². The molecule has 0 radical (unpaired) electrons. The number of amides is 2. The largest absolute Gasteiger partial charge is 0.342 e. The van der Waals surface area contributed by atoms with Gasteiger partial charge in [-0.1, -0.05) is 24.6 Å². The lowest BCUT2D eigenvalue weighted by atomic mass is 9.94. The van der Waals surface area contributed by atoms with Crippen molar-refractivity contribution in [3.8, 4) is 0 Å². The van der Waals surface area contributed by atoms with Crippen LogP contribution >= 0.6 is 0 Å². The molecule has 2 rings (SSSR count). The summed E-state index contributed by atoms with van der Waals surface area (Å²) in [6.07, 6.45) is 6.25. The average Bonchev–Trinajstić information content (AvgIpc) is 2.57. The van der Waals surface area contributed by atoms with E-state index >= 15 is 0 Å². The molecule has 1 aliphatic rings. The van der Waals surface area contributed by atoms with Crippen molar-refractivity contribution < 1.29 is 14.5 Å². The monoisotopic (exact) mass is 332 g/mol. The summed E-state index contributed by atoms with van der Waals surface area (Å²) >= 11 is 0. The molecule has 0 bridgehead atoms. The number of carbonyl (C=O) groups is 2. The molecule has 5 nitrogen and oxygen atoms in total. The first kappa shape index (κ1) is 18.5. The third-order valence-electron chi connectivity index (χ3n) is 4.93. The summed E-state index contributed by atoms with van der Waals surface area (Å²) in [4.78, 5) is 25.4. The number of anilines is 1. The Hall–Kier alpha value is -1.88.